The van der Waals surface area contributed by atoms with Gasteiger partial charge in [-0.15, -0.1) is 11.3 Å². The second kappa shape index (κ2) is 4.84. The first-order valence-corrected chi connectivity index (χ1v) is 5.74. The highest BCUT2D eigenvalue weighted by atomic mass is 32.1. The Bertz CT molecular complexity index is 259. The van der Waals surface area contributed by atoms with Gasteiger partial charge in [0.05, 0.1) is 18.2 Å². The first kappa shape index (κ1) is 10.0. The molecule has 1 atom stereocenters. The molecule has 0 saturated carbocycles. The fraction of sp³-hybridized carbons (Fsp3) is 0.667. The summed E-state index contributed by atoms with van der Waals surface area (Å²) in [5.74, 6) is 0. The molecule has 0 spiro atoms. The predicted molar refractivity (Wildman–Crippen MR) is 56.4 cm³/mol. The molecule has 78 valence electrons. The van der Waals surface area contributed by atoms with E-state index in [9.17, 15) is 5.11 Å². The molecule has 0 radical (unpaired) electrons. The Hall–Kier alpha value is -0.490. The van der Waals surface area contributed by atoms with E-state index < -0.39 is 0 Å². The van der Waals surface area contributed by atoms with Crippen molar-refractivity contribution in [3.8, 4) is 0 Å². The largest absolute Gasteiger partial charge is 0.394 e. The zero-order valence-electron chi connectivity index (χ0n) is 8.02. The summed E-state index contributed by atoms with van der Waals surface area (Å²) in [4.78, 5) is 7.52. The van der Waals surface area contributed by atoms with E-state index in [-0.39, 0.29) is 12.6 Å². The van der Waals surface area contributed by atoms with E-state index in [0.717, 1.165) is 31.1 Å². The lowest BCUT2D eigenvalue weighted by molar-refractivity contribution is 0.113. The third-order valence-corrected chi connectivity index (χ3v) is 3.42. The summed E-state index contributed by atoms with van der Waals surface area (Å²) in [6.07, 6.45) is 1.85. The first-order valence-electron chi connectivity index (χ1n) is 4.86. The summed E-state index contributed by atoms with van der Waals surface area (Å²) in [6, 6.07) is 0.143. The van der Waals surface area contributed by atoms with Crippen LogP contribution in [0.15, 0.2) is 11.7 Å². The average molecular weight is 213 g/mol. The third kappa shape index (κ3) is 2.12. The molecule has 1 aromatic heterocycles. The van der Waals surface area contributed by atoms with Crippen molar-refractivity contribution in [2.24, 2.45) is 0 Å². The maximum absolute atomic E-state index is 9.37. The summed E-state index contributed by atoms with van der Waals surface area (Å²) < 4.78 is 0. The molecular weight excluding hydrogens is 198 g/mol. The van der Waals surface area contributed by atoms with Crippen LogP contribution < -0.4 is 5.32 Å². The molecule has 1 aromatic rings. The van der Waals surface area contributed by atoms with E-state index in [0.29, 0.717) is 0 Å². The van der Waals surface area contributed by atoms with Crippen molar-refractivity contribution in [3.05, 3.63) is 16.6 Å². The van der Waals surface area contributed by atoms with Crippen molar-refractivity contribution >= 4 is 11.3 Å². The Labute approximate surface area is 87.6 Å². The quantitative estimate of drug-likeness (QED) is 0.746. The van der Waals surface area contributed by atoms with E-state index in [4.69, 9.17) is 0 Å². The summed E-state index contributed by atoms with van der Waals surface area (Å²) in [6.45, 7) is 4.21. The van der Waals surface area contributed by atoms with Gasteiger partial charge in [0, 0.05) is 37.3 Å². The molecule has 2 rings (SSSR count). The number of aromatic nitrogens is 1. The van der Waals surface area contributed by atoms with Crippen molar-refractivity contribution in [1.82, 2.24) is 15.2 Å². The smallest absolute Gasteiger partial charge is 0.0794 e. The van der Waals surface area contributed by atoms with Crippen LogP contribution in [0.25, 0.3) is 0 Å². The predicted octanol–water partition coefficient (Wildman–Crippen LogP) is 0.0817. The van der Waals surface area contributed by atoms with Crippen LogP contribution in [-0.4, -0.2) is 47.8 Å². The second-order valence-electron chi connectivity index (χ2n) is 3.39. The fourth-order valence-electron chi connectivity index (χ4n) is 1.77. The van der Waals surface area contributed by atoms with Crippen molar-refractivity contribution < 1.29 is 5.11 Å². The molecule has 1 fully saturated rings. The second-order valence-corrected chi connectivity index (χ2v) is 4.31. The lowest BCUT2D eigenvalue weighted by Gasteiger charge is -2.33. The standard InChI is InChI=1S/C9H15N3OS/c13-6-8(9-5-11-7-14-9)12-3-1-10-2-4-12/h5,7-8,10,13H,1-4,6H2. The van der Waals surface area contributed by atoms with Crippen LogP contribution >= 0.6 is 11.3 Å². The van der Waals surface area contributed by atoms with Gasteiger partial charge in [-0.05, 0) is 0 Å². The number of piperazine rings is 1. The zero-order chi connectivity index (χ0) is 9.80. The highest BCUT2D eigenvalue weighted by Crippen LogP contribution is 2.23. The summed E-state index contributed by atoms with van der Waals surface area (Å²) in [7, 11) is 0. The molecule has 0 aliphatic carbocycles. The summed E-state index contributed by atoms with van der Waals surface area (Å²) in [5.41, 5.74) is 1.82. The molecule has 0 bridgehead atoms. The third-order valence-electron chi connectivity index (χ3n) is 2.55. The maximum Gasteiger partial charge on any atom is 0.0794 e. The van der Waals surface area contributed by atoms with Gasteiger partial charge in [0.1, 0.15) is 0 Å². The zero-order valence-corrected chi connectivity index (χ0v) is 8.83. The minimum atomic E-state index is 0.143. The molecule has 1 unspecified atom stereocenters. The molecule has 2 N–H and O–H groups in total. The van der Waals surface area contributed by atoms with Crippen LogP contribution in [0.2, 0.25) is 0 Å². The number of aliphatic hydroxyl groups excluding tert-OH is 1. The van der Waals surface area contributed by atoms with Gasteiger partial charge in [-0.1, -0.05) is 0 Å². The van der Waals surface area contributed by atoms with E-state index in [1.807, 2.05) is 11.7 Å². The van der Waals surface area contributed by atoms with Crippen LogP contribution in [0.5, 0.6) is 0 Å². The highest BCUT2D eigenvalue weighted by molar-refractivity contribution is 7.09. The molecular formula is C9H15N3OS. The van der Waals surface area contributed by atoms with Crippen molar-refractivity contribution in [3.63, 3.8) is 0 Å². The van der Waals surface area contributed by atoms with Crippen molar-refractivity contribution in [2.75, 3.05) is 32.8 Å². The molecule has 2 heterocycles. The van der Waals surface area contributed by atoms with Crippen LogP contribution in [-0.2, 0) is 0 Å². The van der Waals surface area contributed by atoms with Crippen molar-refractivity contribution in [2.45, 2.75) is 6.04 Å². The number of nitrogens with zero attached hydrogens (tertiary/aromatic N) is 2. The van der Waals surface area contributed by atoms with Gasteiger partial charge in [0.2, 0.25) is 0 Å². The van der Waals surface area contributed by atoms with Gasteiger partial charge in [0.15, 0.2) is 0 Å². The summed E-state index contributed by atoms with van der Waals surface area (Å²) >= 11 is 1.62. The van der Waals surface area contributed by atoms with Gasteiger partial charge in [-0.2, -0.15) is 0 Å². The topological polar surface area (TPSA) is 48.4 Å². The van der Waals surface area contributed by atoms with Crippen LogP contribution in [0.4, 0.5) is 0 Å². The molecule has 14 heavy (non-hydrogen) atoms. The van der Waals surface area contributed by atoms with Gasteiger partial charge < -0.3 is 10.4 Å². The first-order chi connectivity index (χ1) is 6.92. The molecule has 1 aliphatic rings. The monoisotopic (exact) mass is 213 g/mol. The Kier molecular flexibility index (Phi) is 3.47. The highest BCUT2D eigenvalue weighted by Gasteiger charge is 2.22. The Balaban J connectivity index is 2.04. The summed E-state index contributed by atoms with van der Waals surface area (Å²) in [5, 5.41) is 12.7. The molecule has 0 amide bonds. The number of nitrogens with one attached hydrogen (secondary N) is 1. The number of aliphatic hydroxyl groups is 1. The lowest BCUT2D eigenvalue weighted by atomic mass is 10.2. The minimum Gasteiger partial charge on any atom is -0.394 e. The Morgan fingerprint density at radius 2 is 2.36 bits per heavy atom. The molecule has 4 nitrogen and oxygen atoms in total. The molecule has 1 aliphatic heterocycles. The Morgan fingerprint density at radius 1 is 1.57 bits per heavy atom. The van der Waals surface area contributed by atoms with Gasteiger partial charge in [0.25, 0.3) is 0 Å². The normalized spacial score (nSPS) is 20.9. The number of hydrogen-bond donors (Lipinski definition) is 2. The van der Waals surface area contributed by atoms with E-state index in [1.54, 1.807) is 11.3 Å². The van der Waals surface area contributed by atoms with Crippen LogP contribution in [0.1, 0.15) is 10.9 Å². The van der Waals surface area contributed by atoms with Gasteiger partial charge in [-0.25, -0.2) is 0 Å². The van der Waals surface area contributed by atoms with E-state index >= 15 is 0 Å². The Morgan fingerprint density at radius 3 is 2.93 bits per heavy atom. The molecule has 0 aromatic carbocycles. The van der Waals surface area contributed by atoms with Gasteiger partial charge in [-0.3, -0.25) is 9.88 Å². The molecule has 1 saturated heterocycles. The van der Waals surface area contributed by atoms with Crippen LogP contribution in [0, 0.1) is 0 Å². The molecule has 5 heteroatoms. The number of rotatable bonds is 3. The number of thiazole rings is 1. The lowest BCUT2D eigenvalue weighted by Crippen LogP contribution is -2.45. The fourth-order valence-corrected chi connectivity index (χ4v) is 2.52. The van der Waals surface area contributed by atoms with E-state index in [1.165, 1.54) is 0 Å². The maximum atomic E-state index is 9.37. The average Bonchev–Trinajstić information content (AvgIpc) is 2.74. The number of hydrogen-bond acceptors (Lipinski definition) is 5. The SMILES string of the molecule is OCC(c1cncs1)N1CCNCC1. The van der Waals surface area contributed by atoms with Crippen molar-refractivity contribution in [1.29, 1.82) is 0 Å². The van der Waals surface area contributed by atoms with E-state index in [2.05, 4.69) is 15.2 Å². The van der Waals surface area contributed by atoms with Gasteiger partial charge >= 0.3 is 0 Å². The minimum absolute atomic E-state index is 0.143. The van der Waals surface area contributed by atoms with Crippen LogP contribution in [0.3, 0.4) is 0 Å².